The van der Waals surface area contributed by atoms with Crippen LogP contribution in [0.2, 0.25) is 0 Å². The first kappa shape index (κ1) is 19.0. The van der Waals surface area contributed by atoms with Crippen molar-refractivity contribution >= 4 is 11.8 Å². The summed E-state index contributed by atoms with van der Waals surface area (Å²) < 4.78 is 5.07. The molecule has 0 saturated carbocycles. The fourth-order valence-electron chi connectivity index (χ4n) is 2.09. The van der Waals surface area contributed by atoms with Crippen molar-refractivity contribution in [2.24, 2.45) is 11.7 Å². The topological polar surface area (TPSA) is 93.4 Å². The van der Waals surface area contributed by atoms with E-state index in [-0.39, 0.29) is 17.7 Å². The molecule has 1 atom stereocenters. The number of ether oxygens (including phenoxy) is 1. The number of hydrogen-bond acceptors (Lipinski definition) is 4. The van der Waals surface area contributed by atoms with E-state index in [1.54, 1.807) is 31.4 Å². The largest absolute Gasteiger partial charge is 0.497 e. The summed E-state index contributed by atoms with van der Waals surface area (Å²) >= 11 is 0. The monoisotopic (exact) mass is 321 g/mol. The molecule has 0 heterocycles. The quantitative estimate of drug-likeness (QED) is 0.598. The molecule has 1 unspecified atom stereocenters. The molecule has 0 bridgehead atoms. The summed E-state index contributed by atoms with van der Waals surface area (Å²) in [5, 5.41) is 5.64. The molecule has 4 N–H and O–H groups in total. The Labute approximate surface area is 137 Å². The second-order valence-electron chi connectivity index (χ2n) is 5.71. The van der Waals surface area contributed by atoms with Crippen LogP contribution in [0.4, 0.5) is 0 Å². The summed E-state index contributed by atoms with van der Waals surface area (Å²) in [7, 11) is 1.57. The minimum Gasteiger partial charge on any atom is -0.497 e. The molecular weight excluding hydrogens is 294 g/mol. The third-order valence-electron chi connectivity index (χ3n) is 3.52. The molecular formula is C17H27N3O3. The van der Waals surface area contributed by atoms with Crippen LogP contribution < -0.4 is 21.1 Å². The molecule has 0 saturated heterocycles. The first-order chi connectivity index (χ1) is 11.0. The van der Waals surface area contributed by atoms with Gasteiger partial charge in [-0.2, -0.15) is 0 Å². The summed E-state index contributed by atoms with van der Waals surface area (Å²) in [6.45, 7) is 4.98. The van der Waals surface area contributed by atoms with E-state index in [0.29, 0.717) is 24.4 Å². The number of amides is 2. The van der Waals surface area contributed by atoms with Crippen LogP contribution >= 0.6 is 0 Å². The van der Waals surface area contributed by atoms with Gasteiger partial charge in [-0.3, -0.25) is 9.59 Å². The first-order valence-electron chi connectivity index (χ1n) is 7.92. The van der Waals surface area contributed by atoms with Gasteiger partial charge < -0.3 is 21.1 Å². The Morgan fingerprint density at radius 3 is 2.35 bits per heavy atom. The van der Waals surface area contributed by atoms with Crippen LogP contribution in [0.5, 0.6) is 5.75 Å². The molecule has 0 radical (unpaired) electrons. The van der Waals surface area contributed by atoms with E-state index in [1.807, 2.05) is 13.8 Å². The van der Waals surface area contributed by atoms with Gasteiger partial charge in [0.2, 0.25) is 5.91 Å². The van der Waals surface area contributed by atoms with Crippen molar-refractivity contribution in [3.05, 3.63) is 29.8 Å². The Morgan fingerprint density at radius 2 is 1.83 bits per heavy atom. The van der Waals surface area contributed by atoms with Crippen molar-refractivity contribution in [2.45, 2.75) is 32.7 Å². The molecule has 6 heteroatoms. The maximum Gasteiger partial charge on any atom is 0.251 e. The summed E-state index contributed by atoms with van der Waals surface area (Å²) in [5.74, 6) is 0.230. The Bertz CT molecular complexity index is 500. The highest BCUT2D eigenvalue weighted by molar-refractivity contribution is 5.97. The third kappa shape index (κ3) is 6.28. The lowest BCUT2D eigenvalue weighted by atomic mass is 10.0. The van der Waals surface area contributed by atoms with Gasteiger partial charge in [-0.1, -0.05) is 13.8 Å². The molecule has 0 spiro atoms. The molecule has 1 aromatic carbocycles. The van der Waals surface area contributed by atoms with Crippen molar-refractivity contribution < 1.29 is 14.3 Å². The van der Waals surface area contributed by atoms with Crippen molar-refractivity contribution in [3.8, 4) is 5.75 Å². The third-order valence-corrected chi connectivity index (χ3v) is 3.52. The molecule has 0 aliphatic heterocycles. The summed E-state index contributed by atoms with van der Waals surface area (Å²) in [5.41, 5.74) is 5.92. The van der Waals surface area contributed by atoms with Gasteiger partial charge in [-0.05, 0) is 49.6 Å². The Hall–Kier alpha value is -2.08. The zero-order valence-corrected chi connectivity index (χ0v) is 14.1. The van der Waals surface area contributed by atoms with E-state index in [2.05, 4.69) is 10.6 Å². The van der Waals surface area contributed by atoms with Gasteiger partial charge in [0, 0.05) is 12.1 Å². The van der Waals surface area contributed by atoms with Gasteiger partial charge in [-0.25, -0.2) is 0 Å². The van der Waals surface area contributed by atoms with E-state index in [9.17, 15) is 9.59 Å². The second kappa shape index (κ2) is 9.84. The fraction of sp³-hybridized carbons (Fsp3) is 0.529. The van der Waals surface area contributed by atoms with Crippen molar-refractivity contribution in [3.63, 3.8) is 0 Å². The number of rotatable bonds is 9. The predicted octanol–water partition coefficient (Wildman–Crippen LogP) is 1.30. The van der Waals surface area contributed by atoms with Gasteiger partial charge in [0.05, 0.1) is 7.11 Å². The Morgan fingerprint density at radius 1 is 1.17 bits per heavy atom. The number of benzene rings is 1. The van der Waals surface area contributed by atoms with Crippen LogP contribution in [-0.4, -0.2) is 38.1 Å². The average Bonchev–Trinajstić information content (AvgIpc) is 2.56. The zero-order chi connectivity index (χ0) is 17.2. The summed E-state index contributed by atoms with van der Waals surface area (Å²) in [4.78, 5) is 24.5. The minimum absolute atomic E-state index is 0.00768. The van der Waals surface area contributed by atoms with E-state index < -0.39 is 6.04 Å². The molecule has 23 heavy (non-hydrogen) atoms. The van der Waals surface area contributed by atoms with E-state index in [1.165, 1.54) is 0 Å². The maximum absolute atomic E-state index is 12.3. The van der Waals surface area contributed by atoms with Crippen LogP contribution in [0.3, 0.4) is 0 Å². The first-order valence-corrected chi connectivity index (χ1v) is 7.92. The van der Waals surface area contributed by atoms with E-state index in [4.69, 9.17) is 10.5 Å². The highest BCUT2D eigenvalue weighted by Gasteiger charge is 2.24. The maximum atomic E-state index is 12.3. The van der Waals surface area contributed by atoms with Gasteiger partial charge in [0.25, 0.3) is 5.91 Å². The fourth-order valence-corrected chi connectivity index (χ4v) is 2.09. The number of nitrogens with one attached hydrogen (secondary N) is 2. The smallest absolute Gasteiger partial charge is 0.251 e. The van der Waals surface area contributed by atoms with Crippen LogP contribution in [0.15, 0.2) is 24.3 Å². The van der Waals surface area contributed by atoms with Crippen LogP contribution in [-0.2, 0) is 4.79 Å². The second-order valence-corrected chi connectivity index (χ2v) is 5.71. The van der Waals surface area contributed by atoms with Crippen LogP contribution in [0, 0.1) is 5.92 Å². The molecule has 0 aromatic heterocycles. The Balaban J connectivity index is 2.63. The molecule has 1 aromatic rings. The molecule has 2 amide bonds. The minimum atomic E-state index is -0.567. The van der Waals surface area contributed by atoms with Gasteiger partial charge in [-0.15, -0.1) is 0 Å². The van der Waals surface area contributed by atoms with Crippen LogP contribution in [0.1, 0.15) is 37.0 Å². The van der Waals surface area contributed by atoms with Crippen molar-refractivity contribution in [1.29, 1.82) is 0 Å². The lowest BCUT2D eigenvalue weighted by Crippen LogP contribution is -2.49. The number of nitrogens with two attached hydrogens (primary N) is 1. The predicted molar refractivity (Wildman–Crippen MR) is 90.4 cm³/mol. The molecule has 1 rings (SSSR count). The average molecular weight is 321 g/mol. The van der Waals surface area contributed by atoms with Gasteiger partial charge in [0.15, 0.2) is 0 Å². The Kier molecular flexibility index (Phi) is 8.11. The van der Waals surface area contributed by atoms with Crippen molar-refractivity contribution in [1.82, 2.24) is 10.6 Å². The molecule has 0 fully saturated rings. The highest BCUT2D eigenvalue weighted by atomic mass is 16.5. The molecule has 128 valence electrons. The number of unbranched alkanes of at least 4 members (excludes halogenated alkanes) is 1. The standard InChI is InChI=1S/C17H27N3O3/c1-12(2)15(17(22)19-11-5-4-10-18)20-16(21)13-6-8-14(23-3)9-7-13/h6-9,12,15H,4-5,10-11,18H2,1-3H3,(H,19,22)(H,20,21). The molecule has 0 aliphatic carbocycles. The molecule has 0 aliphatic rings. The highest BCUT2D eigenvalue weighted by Crippen LogP contribution is 2.12. The zero-order valence-electron chi connectivity index (χ0n) is 14.1. The van der Waals surface area contributed by atoms with Crippen molar-refractivity contribution in [2.75, 3.05) is 20.2 Å². The lowest BCUT2D eigenvalue weighted by molar-refractivity contribution is -0.123. The lowest BCUT2D eigenvalue weighted by Gasteiger charge is -2.21. The SMILES string of the molecule is COc1ccc(C(=O)NC(C(=O)NCCCCN)C(C)C)cc1. The normalized spacial score (nSPS) is 11.9. The van der Waals surface area contributed by atoms with E-state index in [0.717, 1.165) is 12.8 Å². The molecule has 6 nitrogen and oxygen atoms in total. The number of carbonyl (C=O) groups is 2. The number of methoxy groups -OCH3 is 1. The summed E-state index contributed by atoms with van der Waals surface area (Å²) in [6, 6.07) is 6.20. The number of hydrogen-bond donors (Lipinski definition) is 3. The number of carbonyl (C=O) groups excluding carboxylic acids is 2. The summed E-state index contributed by atoms with van der Waals surface area (Å²) in [6.07, 6.45) is 1.70. The van der Waals surface area contributed by atoms with Crippen LogP contribution in [0.25, 0.3) is 0 Å². The van der Waals surface area contributed by atoms with Gasteiger partial charge >= 0.3 is 0 Å². The van der Waals surface area contributed by atoms with E-state index >= 15 is 0 Å². The van der Waals surface area contributed by atoms with Gasteiger partial charge in [0.1, 0.15) is 11.8 Å².